The third-order valence-corrected chi connectivity index (χ3v) is 5.85. The highest BCUT2D eigenvalue weighted by molar-refractivity contribution is 9.10. The number of anilines is 1. The van der Waals surface area contributed by atoms with Crippen molar-refractivity contribution in [1.29, 1.82) is 0 Å². The van der Waals surface area contributed by atoms with Crippen molar-refractivity contribution in [2.24, 2.45) is 0 Å². The molecule has 0 saturated heterocycles. The van der Waals surface area contributed by atoms with Crippen LogP contribution in [0.3, 0.4) is 0 Å². The molecule has 3 nitrogen and oxygen atoms in total. The maximum Gasteiger partial charge on any atom is 0.197 e. The van der Waals surface area contributed by atoms with Gasteiger partial charge in [0.15, 0.2) is 11.5 Å². The Morgan fingerprint density at radius 3 is 3.05 bits per heavy atom. The number of aliphatic hydroxyl groups excluding tert-OH is 1. The third-order valence-electron chi connectivity index (χ3n) is 2.57. The van der Waals surface area contributed by atoms with E-state index in [0.29, 0.717) is 0 Å². The van der Waals surface area contributed by atoms with E-state index in [1.54, 1.807) is 23.1 Å². The summed E-state index contributed by atoms with van der Waals surface area (Å²) in [7, 11) is 1.99. The Hall–Kier alpha value is -0.0800. The van der Waals surface area contributed by atoms with Gasteiger partial charge in [-0.15, -0.1) is 11.3 Å². The van der Waals surface area contributed by atoms with Gasteiger partial charge in [-0.2, -0.15) is 11.8 Å². The average molecular weight is 380 g/mol. The molecule has 0 aromatic carbocycles. The fourth-order valence-electron chi connectivity index (χ4n) is 1.57. The smallest absolute Gasteiger partial charge is 0.197 e. The van der Waals surface area contributed by atoms with E-state index in [9.17, 15) is 0 Å². The number of rotatable bonds is 6. The summed E-state index contributed by atoms with van der Waals surface area (Å²) in [6.45, 7) is 1.08. The number of hydrogen-bond acceptors (Lipinski definition) is 6. The third kappa shape index (κ3) is 3.72. The molecule has 7 heteroatoms. The quantitative estimate of drug-likeness (QED) is 0.602. The lowest BCUT2D eigenvalue weighted by Crippen LogP contribution is -2.20. The van der Waals surface area contributed by atoms with Crippen LogP contribution in [0, 0.1) is 4.51 Å². The Morgan fingerprint density at radius 2 is 2.32 bits per heavy atom. The Morgan fingerprint density at radius 1 is 1.53 bits per heavy atom. The lowest BCUT2D eigenvalue weighted by molar-refractivity contribution is 0.322. The highest BCUT2D eigenvalue weighted by Gasteiger charge is 2.10. The Balaban J connectivity index is 2.15. The second-order valence-electron chi connectivity index (χ2n) is 3.95. The van der Waals surface area contributed by atoms with Gasteiger partial charge in [0.05, 0.1) is 20.3 Å². The standard InChI is InChI=1S/C12H14BrNO2S3/c1-14(2-4-18-5-3-15)10-6-9(17)12-11(16-10)8(13)7-19-12/h6-7,15H,2-5H2,1H3. The summed E-state index contributed by atoms with van der Waals surface area (Å²) >= 11 is 12.2. The molecular weight excluding hydrogens is 366 g/mol. The molecule has 19 heavy (non-hydrogen) atoms. The summed E-state index contributed by atoms with van der Waals surface area (Å²) in [5.74, 6) is 2.50. The summed E-state index contributed by atoms with van der Waals surface area (Å²) in [4.78, 5) is 2.05. The van der Waals surface area contributed by atoms with E-state index in [1.807, 2.05) is 23.4 Å². The zero-order valence-corrected chi connectivity index (χ0v) is 14.4. The molecule has 0 aliphatic heterocycles. The van der Waals surface area contributed by atoms with E-state index in [2.05, 4.69) is 15.9 Å². The number of nitrogens with zero attached hydrogens (tertiary/aromatic N) is 1. The van der Waals surface area contributed by atoms with Crippen molar-refractivity contribution in [3.63, 3.8) is 0 Å². The van der Waals surface area contributed by atoms with Gasteiger partial charge in [0.1, 0.15) is 0 Å². The van der Waals surface area contributed by atoms with Crippen molar-refractivity contribution in [1.82, 2.24) is 0 Å². The van der Waals surface area contributed by atoms with Crippen molar-refractivity contribution in [3.05, 3.63) is 20.4 Å². The molecule has 0 radical (unpaired) electrons. The summed E-state index contributed by atoms with van der Waals surface area (Å²) in [6, 6.07) is 1.90. The molecule has 1 N–H and O–H groups in total. The van der Waals surface area contributed by atoms with E-state index in [1.165, 1.54) is 0 Å². The van der Waals surface area contributed by atoms with Gasteiger partial charge in [-0.05, 0) is 15.9 Å². The van der Waals surface area contributed by atoms with Gasteiger partial charge < -0.3 is 14.4 Å². The van der Waals surface area contributed by atoms with Gasteiger partial charge >= 0.3 is 0 Å². The highest BCUT2D eigenvalue weighted by atomic mass is 79.9. The minimum atomic E-state index is 0.225. The van der Waals surface area contributed by atoms with E-state index < -0.39 is 0 Å². The fraction of sp³-hybridized carbons (Fsp3) is 0.417. The molecular formula is C12H14BrNO2S3. The minimum Gasteiger partial charge on any atom is -0.438 e. The molecule has 2 rings (SSSR count). The SMILES string of the molecule is CN(CCSCCO)c1cc(=S)c2scc(Br)c2o1. The number of aliphatic hydroxyl groups is 1. The van der Waals surface area contributed by atoms with Gasteiger partial charge in [0.25, 0.3) is 0 Å². The van der Waals surface area contributed by atoms with E-state index in [-0.39, 0.29) is 6.61 Å². The van der Waals surface area contributed by atoms with Gasteiger partial charge in [0, 0.05) is 36.5 Å². The molecule has 104 valence electrons. The van der Waals surface area contributed by atoms with Crippen LogP contribution in [0.4, 0.5) is 5.88 Å². The maximum absolute atomic E-state index is 8.74. The number of thioether (sulfide) groups is 1. The lowest BCUT2D eigenvalue weighted by atomic mass is 10.4. The Labute approximate surface area is 133 Å². The zero-order valence-electron chi connectivity index (χ0n) is 10.4. The van der Waals surface area contributed by atoms with Crippen LogP contribution in [0.1, 0.15) is 0 Å². The molecule has 2 aromatic heterocycles. The topological polar surface area (TPSA) is 36.6 Å². The number of hydrogen-bond donors (Lipinski definition) is 1. The van der Waals surface area contributed by atoms with Gasteiger partial charge in [0.2, 0.25) is 0 Å². The van der Waals surface area contributed by atoms with Gasteiger partial charge in [-0.1, -0.05) is 12.2 Å². The molecule has 2 heterocycles. The molecule has 0 saturated carbocycles. The van der Waals surface area contributed by atoms with Crippen LogP contribution < -0.4 is 4.90 Å². The first-order valence-corrected chi connectivity index (χ1v) is 8.97. The van der Waals surface area contributed by atoms with Crippen molar-refractivity contribution in [2.45, 2.75) is 0 Å². The van der Waals surface area contributed by atoms with Crippen LogP contribution >= 0.6 is 51.2 Å². The largest absolute Gasteiger partial charge is 0.438 e. The van der Waals surface area contributed by atoms with Crippen LogP contribution in [0.2, 0.25) is 0 Å². The molecule has 0 bridgehead atoms. The monoisotopic (exact) mass is 379 g/mol. The normalized spacial score (nSPS) is 11.1. The first-order valence-electron chi connectivity index (χ1n) is 5.74. The number of fused-ring (bicyclic) bond motifs is 1. The second kappa shape index (κ2) is 7.08. The summed E-state index contributed by atoms with van der Waals surface area (Å²) in [6.07, 6.45) is 0. The van der Waals surface area contributed by atoms with Crippen molar-refractivity contribution < 1.29 is 9.52 Å². The highest BCUT2D eigenvalue weighted by Crippen LogP contribution is 2.34. The molecule has 0 unspecified atom stereocenters. The molecule has 0 amide bonds. The predicted octanol–water partition coefficient (Wildman–Crippen LogP) is 4.15. The fourth-order valence-corrected chi connectivity index (χ4v) is 4.10. The summed E-state index contributed by atoms with van der Waals surface area (Å²) in [5.41, 5.74) is 0.822. The molecule has 0 spiro atoms. The van der Waals surface area contributed by atoms with Crippen LogP contribution in [0.5, 0.6) is 0 Å². The zero-order chi connectivity index (χ0) is 13.8. The van der Waals surface area contributed by atoms with Gasteiger partial charge in [-0.25, -0.2) is 0 Å². The molecule has 0 fully saturated rings. The van der Waals surface area contributed by atoms with Crippen molar-refractivity contribution in [2.75, 3.05) is 36.6 Å². The van der Waals surface area contributed by atoms with E-state index in [4.69, 9.17) is 21.7 Å². The van der Waals surface area contributed by atoms with Crippen LogP contribution in [0.15, 0.2) is 20.3 Å². The van der Waals surface area contributed by atoms with Gasteiger partial charge in [-0.3, -0.25) is 0 Å². The minimum absolute atomic E-state index is 0.225. The Kier molecular flexibility index (Phi) is 5.70. The summed E-state index contributed by atoms with van der Waals surface area (Å²) in [5, 5.41) is 10.7. The molecule has 0 aliphatic carbocycles. The predicted molar refractivity (Wildman–Crippen MR) is 90.3 cm³/mol. The second-order valence-corrected chi connectivity index (χ2v) is 7.35. The first-order chi connectivity index (χ1) is 9.13. The summed E-state index contributed by atoms with van der Waals surface area (Å²) < 4.78 is 8.67. The number of halogens is 1. The molecule has 0 atom stereocenters. The van der Waals surface area contributed by atoms with Crippen molar-refractivity contribution >= 4 is 67.4 Å². The van der Waals surface area contributed by atoms with E-state index >= 15 is 0 Å². The Bertz CT molecular complexity index is 611. The van der Waals surface area contributed by atoms with E-state index in [0.717, 1.165) is 43.2 Å². The average Bonchev–Trinajstić information content (AvgIpc) is 2.77. The van der Waals surface area contributed by atoms with Crippen LogP contribution in [0.25, 0.3) is 10.3 Å². The maximum atomic E-state index is 8.74. The molecule has 0 aliphatic rings. The lowest BCUT2D eigenvalue weighted by Gasteiger charge is -2.17. The van der Waals surface area contributed by atoms with Crippen molar-refractivity contribution in [3.8, 4) is 0 Å². The number of thiophene rings is 1. The first kappa shape index (κ1) is 15.3. The molecule has 2 aromatic rings. The van der Waals surface area contributed by atoms with Crippen LogP contribution in [-0.4, -0.2) is 36.8 Å². The van der Waals surface area contributed by atoms with Crippen LogP contribution in [-0.2, 0) is 0 Å².